The van der Waals surface area contributed by atoms with Crippen LogP contribution in [0.2, 0.25) is 0 Å². The number of nitrogens with one attached hydrogen (secondary N) is 2. The molecule has 5 nitrogen and oxygen atoms in total. The average molecular weight is 328 g/mol. The zero-order valence-corrected chi connectivity index (χ0v) is 13.4. The number of hydrogen-bond donors (Lipinski definition) is 2. The van der Waals surface area contributed by atoms with E-state index in [1.807, 2.05) is 7.05 Å². The van der Waals surface area contributed by atoms with Crippen molar-refractivity contribution < 1.29 is 0 Å². The van der Waals surface area contributed by atoms with E-state index in [0.717, 1.165) is 16.8 Å². The van der Waals surface area contributed by atoms with Crippen molar-refractivity contribution >= 4 is 27.7 Å². The van der Waals surface area contributed by atoms with Crippen LogP contribution in [-0.4, -0.2) is 47.6 Å². The first-order chi connectivity index (χ1) is 9.10. The second kappa shape index (κ2) is 6.52. The van der Waals surface area contributed by atoms with Gasteiger partial charge in [-0.1, -0.05) is 0 Å². The highest BCUT2D eigenvalue weighted by atomic mass is 79.9. The molecule has 1 fully saturated rings. The van der Waals surface area contributed by atoms with Gasteiger partial charge in [-0.05, 0) is 48.7 Å². The summed E-state index contributed by atoms with van der Waals surface area (Å²) in [5.41, 5.74) is 0. The van der Waals surface area contributed by atoms with E-state index in [1.54, 1.807) is 6.20 Å². The Morgan fingerprint density at radius 2 is 2.32 bits per heavy atom. The van der Waals surface area contributed by atoms with Gasteiger partial charge in [-0.3, -0.25) is 0 Å². The maximum Gasteiger partial charge on any atom is 0.224 e. The molecule has 1 aromatic rings. The monoisotopic (exact) mass is 327 g/mol. The van der Waals surface area contributed by atoms with E-state index in [9.17, 15) is 0 Å². The van der Waals surface area contributed by atoms with E-state index in [1.165, 1.54) is 19.5 Å². The van der Waals surface area contributed by atoms with Crippen molar-refractivity contribution in [3.8, 4) is 0 Å². The van der Waals surface area contributed by atoms with Crippen LogP contribution in [-0.2, 0) is 0 Å². The number of aromatic nitrogens is 2. The fraction of sp³-hybridized carbons (Fsp3) is 0.692. The van der Waals surface area contributed by atoms with E-state index in [0.29, 0.717) is 17.9 Å². The molecule has 1 unspecified atom stereocenters. The van der Waals surface area contributed by atoms with Crippen molar-refractivity contribution in [3.63, 3.8) is 0 Å². The Morgan fingerprint density at radius 3 is 2.95 bits per heavy atom. The molecule has 1 aromatic heterocycles. The number of nitrogens with zero attached hydrogens (tertiary/aromatic N) is 3. The number of anilines is 2. The number of halogens is 1. The molecule has 2 rings (SSSR count). The highest BCUT2D eigenvalue weighted by Gasteiger charge is 2.24. The summed E-state index contributed by atoms with van der Waals surface area (Å²) in [4.78, 5) is 11.1. The van der Waals surface area contributed by atoms with Gasteiger partial charge in [0, 0.05) is 32.4 Å². The number of hydrogen-bond acceptors (Lipinski definition) is 5. The molecule has 2 N–H and O–H groups in total. The van der Waals surface area contributed by atoms with Gasteiger partial charge in [-0.2, -0.15) is 4.98 Å². The molecule has 19 heavy (non-hydrogen) atoms. The molecule has 1 saturated heterocycles. The molecule has 0 bridgehead atoms. The van der Waals surface area contributed by atoms with Crippen molar-refractivity contribution in [1.82, 2.24) is 14.9 Å². The third kappa shape index (κ3) is 3.79. The standard InChI is InChI=1S/C13H22BrN5/c1-9(2)19-5-4-10(8-19)6-16-12-11(14)7-17-13(15-3)18-12/h7,9-10H,4-6,8H2,1-3H3,(H2,15,16,17,18). The summed E-state index contributed by atoms with van der Waals surface area (Å²) in [6, 6.07) is 0.645. The summed E-state index contributed by atoms with van der Waals surface area (Å²) in [5, 5.41) is 6.38. The Kier molecular flexibility index (Phi) is 4.99. The van der Waals surface area contributed by atoms with Crippen molar-refractivity contribution in [2.75, 3.05) is 37.3 Å². The zero-order chi connectivity index (χ0) is 13.8. The van der Waals surface area contributed by atoms with Gasteiger partial charge in [0.2, 0.25) is 5.95 Å². The molecule has 1 atom stereocenters. The molecular weight excluding hydrogens is 306 g/mol. The molecule has 0 saturated carbocycles. The van der Waals surface area contributed by atoms with Gasteiger partial charge in [-0.15, -0.1) is 0 Å². The van der Waals surface area contributed by atoms with Gasteiger partial charge in [0.1, 0.15) is 5.82 Å². The maximum atomic E-state index is 4.41. The predicted molar refractivity (Wildman–Crippen MR) is 82.6 cm³/mol. The van der Waals surface area contributed by atoms with Crippen molar-refractivity contribution in [2.24, 2.45) is 5.92 Å². The summed E-state index contributed by atoms with van der Waals surface area (Å²) >= 11 is 3.48. The van der Waals surface area contributed by atoms with E-state index >= 15 is 0 Å². The lowest BCUT2D eigenvalue weighted by Gasteiger charge is -2.20. The first kappa shape index (κ1) is 14.5. The summed E-state index contributed by atoms with van der Waals surface area (Å²) in [6.07, 6.45) is 3.03. The first-order valence-corrected chi connectivity index (χ1v) is 7.57. The normalized spacial score (nSPS) is 19.9. The smallest absolute Gasteiger partial charge is 0.224 e. The molecule has 0 amide bonds. The highest BCUT2D eigenvalue weighted by molar-refractivity contribution is 9.10. The first-order valence-electron chi connectivity index (χ1n) is 6.78. The van der Waals surface area contributed by atoms with Crippen LogP contribution in [0.25, 0.3) is 0 Å². The average Bonchev–Trinajstić information content (AvgIpc) is 2.87. The van der Waals surface area contributed by atoms with E-state index in [2.05, 4.69) is 55.3 Å². The molecule has 2 heterocycles. The fourth-order valence-corrected chi connectivity index (χ4v) is 2.68. The lowest BCUT2D eigenvalue weighted by Crippen LogP contribution is -2.29. The minimum Gasteiger partial charge on any atom is -0.369 e. The third-order valence-corrected chi connectivity index (χ3v) is 4.15. The minimum atomic E-state index is 0.640. The molecule has 106 valence electrons. The SMILES string of the molecule is CNc1ncc(Br)c(NCC2CCN(C(C)C)C2)n1. The van der Waals surface area contributed by atoms with Gasteiger partial charge >= 0.3 is 0 Å². The minimum absolute atomic E-state index is 0.640. The molecule has 1 aliphatic heterocycles. The maximum absolute atomic E-state index is 4.41. The van der Waals surface area contributed by atoms with Crippen LogP contribution >= 0.6 is 15.9 Å². The van der Waals surface area contributed by atoms with Crippen LogP contribution in [0.3, 0.4) is 0 Å². The van der Waals surface area contributed by atoms with Crippen molar-refractivity contribution in [2.45, 2.75) is 26.3 Å². The molecule has 1 aliphatic rings. The Bertz CT molecular complexity index is 423. The topological polar surface area (TPSA) is 53.1 Å². The van der Waals surface area contributed by atoms with Crippen molar-refractivity contribution in [3.05, 3.63) is 10.7 Å². The predicted octanol–water partition coefficient (Wildman–Crippen LogP) is 2.42. The molecule has 0 aromatic carbocycles. The second-order valence-corrected chi connectivity index (χ2v) is 6.12. The van der Waals surface area contributed by atoms with Crippen LogP contribution in [0.5, 0.6) is 0 Å². The van der Waals surface area contributed by atoms with Gasteiger partial charge in [0.05, 0.1) is 4.47 Å². The largest absolute Gasteiger partial charge is 0.369 e. The Balaban J connectivity index is 1.89. The van der Waals surface area contributed by atoms with Crippen LogP contribution in [0, 0.1) is 5.92 Å². The molecular formula is C13H22BrN5. The number of rotatable bonds is 5. The van der Waals surface area contributed by atoms with E-state index in [4.69, 9.17) is 0 Å². The molecule has 0 spiro atoms. The van der Waals surface area contributed by atoms with Crippen LogP contribution in [0.1, 0.15) is 20.3 Å². The van der Waals surface area contributed by atoms with Crippen molar-refractivity contribution in [1.29, 1.82) is 0 Å². The lowest BCUT2D eigenvalue weighted by atomic mass is 10.1. The molecule has 6 heteroatoms. The fourth-order valence-electron chi connectivity index (χ4n) is 2.35. The van der Waals surface area contributed by atoms with E-state index in [-0.39, 0.29) is 0 Å². The van der Waals surface area contributed by atoms with Crippen LogP contribution < -0.4 is 10.6 Å². The summed E-state index contributed by atoms with van der Waals surface area (Å²) in [6.45, 7) is 7.86. The lowest BCUT2D eigenvalue weighted by molar-refractivity contribution is 0.266. The Labute approximate surface area is 123 Å². The number of likely N-dealkylation sites (tertiary alicyclic amines) is 1. The Hall–Kier alpha value is -0.880. The second-order valence-electron chi connectivity index (χ2n) is 5.26. The molecule has 0 radical (unpaired) electrons. The van der Waals surface area contributed by atoms with E-state index < -0.39 is 0 Å². The zero-order valence-electron chi connectivity index (χ0n) is 11.8. The quantitative estimate of drug-likeness (QED) is 0.869. The highest BCUT2D eigenvalue weighted by Crippen LogP contribution is 2.23. The van der Waals surface area contributed by atoms with Gasteiger partial charge < -0.3 is 15.5 Å². The summed E-state index contributed by atoms with van der Waals surface area (Å²) in [5.74, 6) is 2.20. The summed E-state index contributed by atoms with van der Waals surface area (Å²) < 4.78 is 0.908. The third-order valence-electron chi connectivity index (χ3n) is 3.57. The Morgan fingerprint density at radius 1 is 1.53 bits per heavy atom. The van der Waals surface area contributed by atoms with Crippen LogP contribution in [0.15, 0.2) is 10.7 Å². The van der Waals surface area contributed by atoms with Gasteiger partial charge in [0.15, 0.2) is 0 Å². The summed E-state index contributed by atoms with van der Waals surface area (Å²) in [7, 11) is 1.82. The molecule has 0 aliphatic carbocycles. The van der Waals surface area contributed by atoms with Gasteiger partial charge in [-0.25, -0.2) is 4.98 Å². The van der Waals surface area contributed by atoms with Crippen LogP contribution in [0.4, 0.5) is 11.8 Å². The van der Waals surface area contributed by atoms with Gasteiger partial charge in [0.25, 0.3) is 0 Å².